The molecule has 1 aromatic carbocycles. The molecule has 1 aromatic heterocycles. The topological polar surface area (TPSA) is 12.5 Å². The number of hydrogen-bond acceptors (Lipinski definition) is 3. The Morgan fingerprint density at radius 3 is 2.58 bits per heavy atom. The first kappa shape index (κ1) is 14.0. The quantitative estimate of drug-likeness (QED) is 0.799. The molecule has 0 fully saturated rings. The normalized spacial score (nSPS) is 10.9. The van der Waals surface area contributed by atoms with Crippen LogP contribution in [0.5, 0.6) is 5.75 Å². The van der Waals surface area contributed by atoms with Crippen molar-refractivity contribution < 1.29 is 9.13 Å². The molecule has 0 unspecified atom stereocenters. The van der Waals surface area contributed by atoms with Gasteiger partial charge in [0.2, 0.25) is 0 Å². The molecule has 0 aliphatic heterocycles. The Bertz CT molecular complexity index is 509. The Hall–Kier alpha value is -1.39. The Balaban J connectivity index is 1.73. The maximum atomic E-state index is 12.7. The highest BCUT2D eigenvalue weighted by atomic mass is 32.1. The van der Waals surface area contributed by atoms with Gasteiger partial charge in [0.15, 0.2) is 0 Å². The number of rotatable bonds is 6. The molecular weight excluding hydrogens is 261 g/mol. The summed E-state index contributed by atoms with van der Waals surface area (Å²) in [6.45, 7) is 4.52. The molecule has 0 saturated heterocycles. The summed E-state index contributed by atoms with van der Waals surface area (Å²) >= 11 is 1.79. The van der Waals surface area contributed by atoms with Crippen molar-refractivity contribution in [2.45, 2.75) is 13.5 Å². The number of hydrogen-bond donors (Lipinski definition) is 0. The molecule has 0 aliphatic rings. The molecule has 0 aliphatic carbocycles. The van der Waals surface area contributed by atoms with Gasteiger partial charge in [0.25, 0.3) is 0 Å². The van der Waals surface area contributed by atoms with Crippen LogP contribution in [-0.2, 0) is 6.54 Å². The molecule has 0 bridgehead atoms. The summed E-state index contributed by atoms with van der Waals surface area (Å²) in [4.78, 5) is 3.62. The molecule has 0 N–H and O–H groups in total. The average molecular weight is 279 g/mol. The number of halogens is 1. The van der Waals surface area contributed by atoms with E-state index in [1.807, 2.05) is 0 Å². The van der Waals surface area contributed by atoms with E-state index in [1.54, 1.807) is 23.5 Å². The molecular formula is C15H18FNOS. The summed E-state index contributed by atoms with van der Waals surface area (Å²) < 4.78 is 18.3. The van der Waals surface area contributed by atoms with Crippen molar-refractivity contribution in [2.24, 2.45) is 0 Å². The third-order valence-electron chi connectivity index (χ3n) is 2.94. The average Bonchev–Trinajstić information content (AvgIpc) is 2.78. The number of thiophene rings is 1. The SMILES string of the molecule is Cc1ccsc1CN(C)CCOc1ccc(F)cc1. The summed E-state index contributed by atoms with van der Waals surface area (Å²) in [7, 11) is 2.08. The lowest BCUT2D eigenvalue weighted by Gasteiger charge is -2.16. The van der Waals surface area contributed by atoms with Crippen LogP contribution in [0.4, 0.5) is 4.39 Å². The second kappa shape index (κ2) is 6.68. The van der Waals surface area contributed by atoms with Crippen molar-refractivity contribution >= 4 is 11.3 Å². The van der Waals surface area contributed by atoms with Crippen LogP contribution in [-0.4, -0.2) is 25.1 Å². The predicted molar refractivity (Wildman–Crippen MR) is 77.3 cm³/mol. The van der Waals surface area contributed by atoms with Gasteiger partial charge in [-0.2, -0.15) is 0 Å². The van der Waals surface area contributed by atoms with Gasteiger partial charge in [0.05, 0.1) is 0 Å². The minimum absolute atomic E-state index is 0.238. The standard InChI is InChI=1S/C15H18FNOS/c1-12-7-10-19-15(12)11-17(2)8-9-18-14-5-3-13(16)4-6-14/h3-7,10H,8-9,11H2,1-2H3. The van der Waals surface area contributed by atoms with Crippen molar-refractivity contribution in [1.82, 2.24) is 4.90 Å². The highest BCUT2D eigenvalue weighted by Gasteiger charge is 2.04. The first-order valence-electron chi connectivity index (χ1n) is 6.25. The number of likely N-dealkylation sites (N-methyl/N-ethyl adjacent to an activating group) is 1. The third-order valence-corrected chi connectivity index (χ3v) is 3.94. The Kier molecular flexibility index (Phi) is 4.93. The fourth-order valence-corrected chi connectivity index (χ4v) is 2.73. The van der Waals surface area contributed by atoms with Crippen LogP contribution in [0.1, 0.15) is 10.4 Å². The van der Waals surface area contributed by atoms with E-state index in [-0.39, 0.29) is 5.82 Å². The van der Waals surface area contributed by atoms with Crippen molar-refractivity contribution in [1.29, 1.82) is 0 Å². The molecule has 2 aromatic rings. The minimum atomic E-state index is -0.238. The van der Waals surface area contributed by atoms with Gasteiger partial charge in [-0.05, 0) is 55.2 Å². The number of nitrogens with zero attached hydrogens (tertiary/aromatic N) is 1. The zero-order chi connectivity index (χ0) is 13.7. The number of ether oxygens (including phenoxy) is 1. The van der Waals surface area contributed by atoms with Crippen molar-refractivity contribution in [3.63, 3.8) is 0 Å². The van der Waals surface area contributed by atoms with E-state index in [1.165, 1.54) is 22.6 Å². The lowest BCUT2D eigenvalue weighted by atomic mass is 10.3. The Morgan fingerprint density at radius 2 is 1.95 bits per heavy atom. The predicted octanol–water partition coefficient (Wildman–Crippen LogP) is 3.71. The van der Waals surface area contributed by atoms with Gasteiger partial charge in [0, 0.05) is 18.0 Å². The smallest absolute Gasteiger partial charge is 0.123 e. The minimum Gasteiger partial charge on any atom is -0.492 e. The zero-order valence-corrected chi connectivity index (χ0v) is 12.0. The molecule has 0 atom stereocenters. The molecule has 0 spiro atoms. The van der Waals surface area contributed by atoms with Crippen LogP contribution in [0.3, 0.4) is 0 Å². The summed E-state index contributed by atoms with van der Waals surface area (Å²) in [6, 6.07) is 8.27. The third kappa shape index (κ3) is 4.33. The molecule has 0 radical (unpaired) electrons. The molecule has 0 amide bonds. The highest BCUT2D eigenvalue weighted by molar-refractivity contribution is 7.10. The van der Waals surface area contributed by atoms with Crippen molar-refractivity contribution in [3.8, 4) is 5.75 Å². The molecule has 19 heavy (non-hydrogen) atoms. The fraction of sp³-hybridized carbons (Fsp3) is 0.333. The first-order valence-corrected chi connectivity index (χ1v) is 7.13. The van der Waals surface area contributed by atoms with Crippen molar-refractivity contribution in [3.05, 3.63) is 52.0 Å². The van der Waals surface area contributed by atoms with Crippen LogP contribution in [0, 0.1) is 12.7 Å². The second-order valence-electron chi connectivity index (χ2n) is 4.57. The summed E-state index contributed by atoms with van der Waals surface area (Å²) in [5, 5.41) is 2.12. The van der Waals surface area contributed by atoms with Crippen LogP contribution in [0.15, 0.2) is 35.7 Å². The van der Waals surface area contributed by atoms with Gasteiger partial charge in [-0.3, -0.25) is 4.90 Å². The summed E-state index contributed by atoms with van der Waals surface area (Å²) in [5.74, 6) is 0.472. The maximum absolute atomic E-state index is 12.7. The summed E-state index contributed by atoms with van der Waals surface area (Å²) in [6.07, 6.45) is 0. The maximum Gasteiger partial charge on any atom is 0.123 e. The first-order chi connectivity index (χ1) is 9.15. The van der Waals surface area contributed by atoms with E-state index in [0.29, 0.717) is 12.4 Å². The van der Waals surface area contributed by atoms with Gasteiger partial charge < -0.3 is 4.74 Å². The van der Waals surface area contributed by atoms with Crippen LogP contribution < -0.4 is 4.74 Å². The monoisotopic (exact) mass is 279 g/mol. The van der Waals surface area contributed by atoms with Gasteiger partial charge >= 0.3 is 0 Å². The molecule has 4 heteroatoms. The second-order valence-corrected chi connectivity index (χ2v) is 5.57. The van der Waals surface area contributed by atoms with E-state index >= 15 is 0 Å². The summed E-state index contributed by atoms with van der Waals surface area (Å²) in [5.41, 5.74) is 1.34. The number of aryl methyl sites for hydroxylation is 1. The molecule has 102 valence electrons. The van der Waals surface area contributed by atoms with Gasteiger partial charge in [-0.25, -0.2) is 4.39 Å². The zero-order valence-electron chi connectivity index (χ0n) is 11.2. The van der Waals surface area contributed by atoms with Gasteiger partial charge in [-0.15, -0.1) is 11.3 Å². The Labute approximate surface area is 117 Å². The van der Waals surface area contributed by atoms with Crippen LogP contribution in [0.25, 0.3) is 0 Å². The lowest BCUT2D eigenvalue weighted by Crippen LogP contribution is -2.23. The van der Waals surface area contributed by atoms with E-state index in [4.69, 9.17) is 4.74 Å². The van der Waals surface area contributed by atoms with E-state index < -0.39 is 0 Å². The van der Waals surface area contributed by atoms with E-state index in [0.717, 1.165) is 13.1 Å². The Morgan fingerprint density at radius 1 is 1.21 bits per heavy atom. The fourth-order valence-electron chi connectivity index (χ4n) is 1.74. The number of benzene rings is 1. The molecule has 0 saturated carbocycles. The van der Waals surface area contributed by atoms with Gasteiger partial charge in [-0.1, -0.05) is 0 Å². The van der Waals surface area contributed by atoms with Gasteiger partial charge in [0.1, 0.15) is 18.2 Å². The van der Waals surface area contributed by atoms with E-state index in [9.17, 15) is 4.39 Å². The molecule has 1 heterocycles. The largest absolute Gasteiger partial charge is 0.492 e. The van der Waals surface area contributed by atoms with Crippen LogP contribution in [0.2, 0.25) is 0 Å². The lowest BCUT2D eigenvalue weighted by molar-refractivity contribution is 0.233. The molecule has 2 nitrogen and oxygen atoms in total. The highest BCUT2D eigenvalue weighted by Crippen LogP contribution is 2.17. The van der Waals surface area contributed by atoms with Crippen molar-refractivity contribution in [2.75, 3.05) is 20.2 Å². The van der Waals surface area contributed by atoms with E-state index in [2.05, 4.69) is 30.3 Å². The van der Waals surface area contributed by atoms with Crippen LogP contribution >= 0.6 is 11.3 Å². The molecule has 2 rings (SSSR count).